The lowest BCUT2D eigenvalue weighted by Crippen LogP contribution is -2.56. The highest BCUT2D eigenvalue weighted by Gasteiger charge is 2.43. The molecule has 1 unspecified atom stereocenters. The Bertz CT molecular complexity index is 234. The van der Waals surface area contributed by atoms with E-state index in [9.17, 15) is 0 Å². The number of nitrogens with one attached hydrogen (secondary N) is 1. The Morgan fingerprint density at radius 3 is 2.22 bits per heavy atom. The van der Waals surface area contributed by atoms with Gasteiger partial charge in [-0.3, -0.25) is 11.3 Å². The number of nitrogens with two attached hydrogens (primary N) is 1. The van der Waals surface area contributed by atoms with Gasteiger partial charge in [0.1, 0.15) is 0 Å². The molecular formula is C14H30N2O2. The summed E-state index contributed by atoms with van der Waals surface area (Å²) in [5.74, 6) is 5.74. The average molecular weight is 258 g/mol. The lowest BCUT2D eigenvalue weighted by molar-refractivity contribution is -0.0889. The van der Waals surface area contributed by atoms with Crippen LogP contribution in [0, 0.1) is 5.41 Å². The second-order valence-electron chi connectivity index (χ2n) is 6.29. The molecule has 4 heteroatoms. The SMILES string of the molecule is COCCCC(NN)C1(OC)CCC(C)(C)CC1. The van der Waals surface area contributed by atoms with Gasteiger partial charge in [-0.15, -0.1) is 0 Å². The molecule has 3 N–H and O–H groups in total. The summed E-state index contributed by atoms with van der Waals surface area (Å²) in [5.41, 5.74) is 3.31. The van der Waals surface area contributed by atoms with E-state index in [0.717, 1.165) is 32.3 Å². The number of hydrogen-bond acceptors (Lipinski definition) is 4. The van der Waals surface area contributed by atoms with Crippen molar-refractivity contribution in [2.45, 2.75) is 64.0 Å². The first-order valence-corrected chi connectivity index (χ1v) is 7.00. The third-order valence-electron chi connectivity index (χ3n) is 4.53. The smallest absolute Gasteiger partial charge is 0.0844 e. The Kier molecular flexibility index (Phi) is 6.05. The van der Waals surface area contributed by atoms with Crippen LogP contribution in [-0.4, -0.2) is 32.5 Å². The molecule has 0 aliphatic heterocycles. The van der Waals surface area contributed by atoms with Gasteiger partial charge in [0.15, 0.2) is 0 Å². The van der Waals surface area contributed by atoms with E-state index < -0.39 is 0 Å². The van der Waals surface area contributed by atoms with Gasteiger partial charge in [0.2, 0.25) is 0 Å². The molecule has 0 aromatic heterocycles. The van der Waals surface area contributed by atoms with Crippen molar-refractivity contribution in [2.75, 3.05) is 20.8 Å². The first-order chi connectivity index (χ1) is 8.49. The van der Waals surface area contributed by atoms with Crippen LogP contribution in [-0.2, 0) is 9.47 Å². The van der Waals surface area contributed by atoms with Crippen molar-refractivity contribution in [2.24, 2.45) is 11.3 Å². The molecule has 1 rings (SSSR count). The molecule has 0 aromatic carbocycles. The molecule has 0 radical (unpaired) electrons. The summed E-state index contributed by atoms with van der Waals surface area (Å²) in [6.45, 7) is 5.45. The van der Waals surface area contributed by atoms with Gasteiger partial charge < -0.3 is 9.47 Å². The Morgan fingerprint density at radius 2 is 1.78 bits per heavy atom. The number of ether oxygens (including phenoxy) is 2. The maximum atomic E-state index is 5.87. The molecule has 1 saturated carbocycles. The van der Waals surface area contributed by atoms with E-state index in [0.29, 0.717) is 5.41 Å². The molecule has 0 bridgehead atoms. The summed E-state index contributed by atoms with van der Waals surface area (Å²) in [4.78, 5) is 0. The van der Waals surface area contributed by atoms with Crippen molar-refractivity contribution in [1.82, 2.24) is 5.43 Å². The maximum Gasteiger partial charge on any atom is 0.0844 e. The molecule has 108 valence electrons. The van der Waals surface area contributed by atoms with Gasteiger partial charge in [0.25, 0.3) is 0 Å². The van der Waals surface area contributed by atoms with E-state index in [4.69, 9.17) is 15.3 Å². The van der Waals surface area contributed by atoms with Gasteiger partial charge in [0, 0.05) is 20.8 Å². The average Bonchev–Trinajstić information content (AvgIpc) is 2.36. The normalized spacial score (nSPS) is 23.8. The first-order valence-electron chi connectivity index (χ1n) is 7.00. The third-order valence-corrected chi connectivity index (χ3v) is 4.53. The summed E-state index contributed by atoms with van der Waals surface area (Å²) < 4.78 is 11.0. The second kappa shape index (κ2) is 6.85. The van der Waals surface area contributed by atoms with Crippen molar-refractivity contribution in [3.05, 3.63) is 0 Å². The fourth-order valence-electron chi connectivity index (χ4n) is 2.97. The minimum absolute atomic E-state index is 0.0992. The molecule has 1 atom stereocenters. The Hall–Kier alpha value is -0.160. The minimum Gasteiger partial charge on any atom is -0.385 e. The van der Waals surface area contributed by atoms with Crippen molar-refractivity contribution < 1.29 is 9.47 Å². The van der Waals surface area contributed by atoms with Crippen LogP contribution in [0.5, 0.6) is 0 Å². The zero-order valence-electron chi connectivity index (χ0n) is 12.4. The maximum absolute atomic E-state index is 5.87. The fourth-order valence-corrected chi connectivity index (χ4v) is 2.97. The Morgan fingerprint density at radius 1 is 1.17 bits per heavy atom. The summed E-state index contributed by atoms with van der Waals surface area (Å²) >= 11 is 0. The summed E-state index contributed by atoms with van der Waals surface area (Å²) in [5, 5.41) is 0. The quantitative estimate of drug-likeness (QED) is 0.418. The van der Waals surface area contributed by atoms with E-state index in [1.54, 1.807) is 7.11 Å². The van der Waals surface area contributed by atoms with Gasteiger partial charge in [-0.1, -0.05) is 13.8 Å². The largest absolute Gasteiger partial charge is 0.385 e. The lowest BCUT2D eigenvalue weighted by atomic mass is 9.68. The van der Waals surface area contributed by atoms with E-state index in [1.807, 2.05) is 7.11 Å². The molecule has 0 spiro atoms. The first kappa shape index (κ1) is 15.9. The number of hydrazine groups is 1. The lowest BCUT2D eigenvalue weighted by Gasteiger charge is -2.46. The molecule has 0 amide bonds. The van der Waals surface area contributed by atoms with Gasteiger partial charge in [0.05, 0.1) is 11.6 Å². The van der Waals surface area contributed by atoms with E-state index in [2.05, 4.69) is 19.3 Å². The molecule has 0 heterocycles. The highest BCUT2D eigenvalue weighted by Crippen LogP contribution is 2.43. The summed E-state index contributed by atoms with van der Waals surface area (Å²) in [7, 11) is 3.55. The number of hydrogen-bond donors (Lipinski definition) is 2. The van der Waals surface area contributed by atoms with Crippen LogP contribution in [0.2, 0.25) is 0 Å². The number of rotatable bonds is 7. The van der Waals surface area contributed by atoms with Crippen LogP contribution in [0.1, 0.15) is 52.4 Å². The zero-order chi connectivity index (χ0) is 13.6. The van der Waals surface area contributed by atoms with Gasteiger partial charge in [-0.05, 0) is 43.9 Å². The zero-order valence-corrected chi connectivity index (χ0v) is 12.4. The van der Waals surface area contributed by atoms with Gasteiger partial charge in [-0.2, -0.15) is 0 Å². The standard InChI is InChI=1S/C14H30N2O2/c1-13(2)7-9-14(18-4,10-8-13)12(16-15)6-5-11-17-3/h12,16H,5-11,15H2,1-4H3. The highest BCUT2D eigenvalue weighted by molar-refractivity contribution is 4.97. The highest BCUT2D eigenvalue weighted by atomic mass is 16.5. The fraction of sp³-hybridized carbons (Fsp3) is 1.00. The van der Waals surface area contributed by atoms with Crippen LogP contribution >= 0.6 is 0 Å². The van der Waals surface area contributed by atoms with Crippen molar-refractivity contribution in [3.8, 4) is 0 Å². The van der Waals surface area contributed by atoms with Crippen molar-refractivity contribution >= 4 is 0 Å². The molecule has 0 aromatic rings. The van der Waals surface area contributed by atoms with Gasteiger partial charge in [-0.25, -0.2) is 0 Å². The molecule has 1 aliphatic carbocycles. The molecule has 1 aliphatic rings. The van der Waals surface area contributed by atoms with E-state index >= 15 is 0 Å². The molecular weight excluding hydrogens is 228 g/mol. The van der Waals surface area contributed by atoms with E-state index in [1.165, 1.54) is 12.8 Å². The Labute approximate surface area is 112 Å². The molecule has 1 fully saturated rings. The summed E-state index contributed by atoms with van der Waals surface area (Å²) in [6, 6.07) is 0.216. The second-order valence-corrected chi connectivity index (χ2v) is 6.29. The van der Waals surface area contributed by atoms with Crippen LogP contribution in [0.4, 0.5) is 0 Å². The minimum atomic E-state index is -0.0992. The van der Waals surface area contributed by atoms with Crippen molar-refractivity contribution in [3.63, 3.8) is 0 Å². The Balaban J connectivity index is 2.61. The monoisotopic (exact) mass is 258 g/mol. The van der Waals surface area contributed by atoms with Crippen LogP contribution in [0.3, 0.4) is 0 Å². The summed E-state index contributed by atoms with van der Waals surface area (Å²) in [6.07, 6.45) is 6.57. The molecule has 4 nitrogen and oxygen atoms in total. The third kappa shape index (κ3) is 3.92. The van der Waals surface area contributed by atoms with Crippen LogP contribution in [0.15, 0.2) is 0 Å². The predicted octanol–water partition coefficient (Wildman–Crippen LogP) is 2.23. The molecule has 0 saturated heterocycles. The predicted molar refractivity (Wildman–Crippen MR) is 74.2 cm³/mol. The van der Waals surface area contributed by atoms with Gasteiger partial charge >= 0.3 is 0 Å². The molecule has 18 heavy (non-hydrogen) atoms. The van der Waals surface area contributed by atoms with Crippen LogP contribution < -0.4 is 11.3 Å². The van der Waals surface area contributed by atoms with E-state index in [-0.39, 0.29) is 11.6 Å². The van der Waals surface area contributed by atoms with Crippen LogP contribution in [0.25, 0.3) is 0 Å². The van der Waals surface area contributed by atoms with Crippen molar-refractivity contribution in [1.29, 1.82) is 0 Å². The topological polar surface area (TPSA) is 56.5 Å². The number of methoxy groups -OCH3 is 2.